The fourth-order valence-electron chi connectivity index (χ4n) is 2.48. The molecule has 9 heteroatoms. The van der Waals surface area contributed by atoms with Gasteiger partial charge in [-0.05, 0) is 23.8 Å². The molecule has 0 aliphatic rings. The van der Waals surface area contributed by atoms with Crippen LogP contribution in [0.1, 0.15) is 10.6 Å². The van der Waals surface area contributed by atoms with Gasteiger partial charge in [-0.1, -0.05) is 24.3 Å². The lowest BCUT2D eigenvalue weighted by Crippen LogP contribution is -2.30. The normalized spacial score (nSPS) is 10.9. The van der Waals surface area contributed by atoms with Crippen molar-refractivity contribution in [3.05, 3.63) is 75.3 Å². The van der Waals surface area contributed by atoms with Crippen LogP contribution in [0.5, 0.6) is 0 Å². The molecule has 0 saturated carbocycles. The van der Waals surface area contributed by atoms with E-state index in [1.54, 1.807) is 13.1 Å². The minimum absolute atomic E-state index is 0.0767. The van der Waals surface area contributed by atoms with Crippen LogP contribution in [0.4, 0.5) is 5.69 Å². The Balaban J connectivity index is 1.50. The molecule has 0 fully saturated rings. The number of nitrogens with zero attached hydrogens (tertiary/aromatic N) is 3. The fraction of sp³-hybridized carbons (Fsp3) is 0.150. The van der Waals surface area contributed by atoms with Gasteiger partial charge in [0.25, 0.3) is 11.6 Å². The lowest BCUT2D eigenvalue weighted by molar-refractivity contribution is -0.384. The topological polar surface area (TPSA) is 103 Å². The largest absolute Gasteiger partial charge is 0.452 e. The molecule has 1 amide bonds. The van der Waals surface area contributed by atoms with Crippen LogP contribution in [0.3, 0.4) is 0 Å². The number of carbonyl (C=O) groups excluding carboxylic acids is 2. The highest BCUT2D eigenvalue weighted by Gasteiger charge is 2.14. The van der Waals surface area contributed by atoms with Crippen molar-refractivity contribution >= 4 is 45.2 Å². The van der Waals surface area contributed by atoms with E-state index >= 15 is 0 Å². The zero-order valence-corrected chi connectivity index (χ0v) is 16.3. The summed E-state index contributed by atoms with van der Waals surface area (Å²) in [5, 5.41) is 11.5. The van der Waals surface area contributed by atoms with E-state index in [0.29, 0.717) is 12.1 Å². The van der Waals surface area contributed by atoms with Crippen LogP contribution in [0.2, 0.25) is 0 Å². The van der Waals surface area contributed by atoms with E-state index in [4.69, 9.17) is 4.74 Å². The van der Waals surface area contributed by atoms with E-state index in [1.807, 2.05) is 24.3 Å². The van der Waals surface area contributed by atoms with Crippen LogP contribution in [0, 0.1) is 10.1 Å². The summed E-state index contributed by atoms with van der Waals surface area (Å²) in [5.74, 6) is -1.07. The molecular formula is C20H17N3O5S. The number of fused-ring (bicyclic) bond motifs is 1. The second kappa shape index (κ2) is 9.07. The van der Waals surface area contributed by atoms with Crippen molar-refractivity contribution in [2.45, 2.75) is 6.54 Å². The summed E-state index contributed by atoms with van der Waals surface area (Å²) in [6, 6.07) is 13.5. The molecule has 0 N–H and O–H groups in total. The molecule has 29 heavy (non-hydrogen) atoms. The van der Waals surface area contributed by atoms with E-state index in [9.17, 15) is 19.7 Å². The van der Waals surface area contributed by atoms with E-state index in [2.05, 4.69) is 4.98 Å². The monoisotopic (exact) mass is 411 g/mol. The number of hydrogen-bond donors (Lipinski definition) is 0. The van der Waals surface area contributed by atoms with Gasteiger partial charge in [0.2, 0.25) is 0 Å². The van der Waals surface area contributed by atoms with Crippen molar-refractivity contribution in [3.63, 3.8) is 0 Å². The highest BCUT2D eigenvalue weighted by Crippen LogP contribution is 2.22. The summed E-state index contributed by atoms with van der Waals surface area (Å²) < 4.78 is 6.00. The fourth-order valence-corrected chi connectivity index (χ4v) is 3.50. The van der Waals surface area contributed by atoms with Gasteiger partial charge < -0.3 is 9.64 Å². The van der Waals surface area contributed by atoms with Crippen LogP contribution >= 0.6 is 11.3 Å². The highest BCUT2D eigenvalue weighted by molar-refractivity contribution is 7.18. The van der Waals surface area contributed by atoms with Gasteiger partial charge in [-0.25, -0.2) is 9.78 Å². The summed E-state index contributed by atoms with van der Waals surface area (Å²) in [6.45, 7) is -0.0846. The lowest BCUT2D eigenvalue weighted by atomic mass is 10.2. The number of aromatic nitrogens is 1. The van der Waals surface area contributed by atoms with Crippen molar-refractivity contribution in [2.24, 2.45) is 0 Å². The summed E-state index contributed by atoms with van der Waals surface area (Å²) in [4.78, 5) is 40.2. The van der Waals surface area contributed by atoms with E-state index in [1.165, 1.54) is 40.5 Å². The van der Waals surface area contributed by atoms with Gasteiger partial charge in [0.15, 0.2) is 6.61 Å². The molecule has 8 nitrogen and oxygen atoms in total. The summed E-state index contributed by atoms with van der Waals surface area (Å²) in [7, 11) is 1.61. The Morgan fingerprint density at radius 3 is 2.79 bits per heavy atom. The molecule has 0 aliphatic carbocycles. The maximum atomic E-state index is 12.2. The first-order valence-corrected chi connectivity index (χ1v) is 9.42. The number of carbonyl (C=O) groups is 2. The number of nitro benzene ring substituents is 1. The predicted molar refractivity (Wildman–Crippen MR) is 109 cm³/mol. The van der Waals surface area contributed by atoms with Gasteiger partial charge in [-0.15, -0.1) is 11.3 Å². The molecule has 3 rings (SSSR count). The van der Waals surface area contributed by atoms with Crippen LogP contribution < -0.4 is 0 Å². The zero-order chi connectivity index (χ0) is 20.8. The predicted octanol–water partition coefficient (Wildman–Crippen LogP) is 3.42. The first-order valence-electron chi connectivity index (χ1n) is 8.60. The van der Waals surface area contributed by atoms with Crippen molar-refractivity contribution in [1.29, 1.82) is 0 Å². The van der Waals surface area contributed by atoms with Crippen molar-refractivity contribution in [2.75, 3.05) is 13.7 Å². The van der Waals surface area contributed by atoms with Crippen molar-refractivity contribution in [3.8, 4) is 0 Å². The average molecular weight is 411 g/mol. The molecule has 148 valence electrons. The minimum Gasteiger partial charge on any atom is -0.452 e. The maximum absolute atomic E-state index is 12.2. The summed E-state index contributed by atoms with van der Waals surface area (Å²) >= 11 is 1.50. The number of rotatable bonds is 7. The molecule has 0 unspecified atom stereocenters. The van der Waals surface area contributed by atoms with Gasteiger partial charge in [-0.2, -0.15) is 0 Å². The van der Waals surface area contributed by atoms with Crippen LogP contribution in [0.15, 0.2) is 54.6 Å². The number of likely N-dealkylation sites (N-methyl/N-ethyl adjacent to an activating group) is 1. The molecular weight excluding hydrogens is 394 g/mol. The number of ether oxygens (including phenoxy) is 1. The molecule has 3 aromatic rings. The SMILES string of the molecule is CN(Cc1nc2ccccc2s1)C(=O)COC(=O)/C=C/c1cccc([N+](=O)[O-])c1. The summed E-state index contributed by atoms with van der Waals surface area (Å²) in [5.41, 5.74) is 1.29. The number of amides is 1. The third-order valence-corrected chi connectivity index (χ3v) is 4.99. The number of esters is 1. The van der Waals surface area contributed by atoms with E-state index in [0.717, 1.165) is 21.3 Å². The first-order chi connectivity index (χ1) is 13.9. The molecule has 1 heterocycles. The molecule has 1 aromatic heterocycles. The number of non-ortho nitro benzene ring substituents is 1. The van der Waals surface area contributed by atoms with E-state index < -0.39 is 17.5 Å². The second-order valence-corrected chi connectivity index (χ2v) is 7.23. The Labute approximate surface area is 170 Å². The molecule has 0 radical (unpaired) electrons. The molecule has 0 aliphatic heterocycles. The standard InChI is InChI=1S/C20H17N3O5S/c1-22(12-18-21-16-7-2-3-8-17(16)29-18)19(24)13-28-20(25)10-9-14-5-4-6-15(11-14)23(26)27/h2-11H,12-13H2,1H3/b10-9+. The number of hydrogen-bond acceptors (Lipinski definition) is 7. The third kappa shape index (κ3) is 5.45. The quantitative estimate of drug-likeness (QED) is 0.255. The van der Waals surface area contributed by atoms with Crippen LogP contribution in [0.25, 0.3) is 16.3 Å². The number of para-hydroxylation sites is 1. The van der Waals surface area contributed by atoms with Gasteiger partial charge in [0, 0.05) is 25.3 Å². The average Bonchev–Trinajstić information content (AvgIpc) is 3.12. The molecule has 0 atom stereocenters. The highest BCUT2D eigenvalue weighted by atomic mass is 32.1. The zero-order valence-electron chi connectivity index (χ0n) is 15.5. The Kier molecular flexibility index (Phi) is 6.30. The molecule has 0 saturated heterocycles. The second-order valence-electron chi connectivity index (χ2n) is 6.12. The summed E-state index contributed by atoms with van der Waals surface area (Å²) in [6.07, 6.45) is 2.52. The van der Waals surface area contributed by atoms with Gasteiger partial charge in [0.1, 0.15) is 5.01 Å². The van der Waals surface area contributed by atoms with Crippen molar-refractivity contribution in [1.82, 2.24) is 9.88 Å². The Morgan fingerprint density at radius 2 is 2.03 bits per heavy atom. The molecule has 0 bridgehead atoms. The third-order valence-electron chi connectivity index (χ3n) is 3.97. The van der Waals surface area contributed by atoms with Gasteiger partial charge in [0.05, 0.1) is 21.7 Å². The Bertz CT molecular complexity index is 1060. The van der Waals surface area contributed by atoms with Gasteiger partial charge in [-0.3, -0.25) is 14.9 Å². The number of thiazole rings is 1. The van der Waals surface area contributed by atoms with Crippen molar-refractivity contribution < 1.29 is 19.2 Å². The first kappa shape index (κ1) is 20.2. The Morgan fingerprint density at radius 1 is 1.24 bits per heavy atom. The van der Waals surface area contributed by atoms with Crippen LogP contribution in [-0.2, 0) is 20.9 Å². The molecule has 2 aromatic carbocycles. The number of benzene rings is 2. The van der Waals surface area contributed by atoms with E-state index in [-0.39, 0.29) is 11.6 Å². The van der Waals surface area contributed by atoms with Crippen LogP contribution in [-0.4, -0.2) is 40.3 Å². The van der Waals surface area contributed by atoms with Gasteiger partial charge >= 0.3 is 5.97 Å². The number of nitro groups is 1. The lowest BCUT2D eigenvalue weighted by Gasteiger charge is -2.15. The maximum Gasteiger partial charge on any atom is 0.331 e. The smallest absolute Gasteiger partial charge is 0.331 e. The Hall–Kier alpha value is -3.59. The molecule has 0 spiro atoms. The minimum atomic E-state index is -0.710.